The fourth-order valence-corrected chi connectivity index (χ4v) is 3.72. The summed E-state index contributed by atoms with van der Waals surface area (Å²) in [6.45, 7) is 7.55. The summed E-state index contributed by atoms with van der Waals surface area (Å²) in [5, 5.41) is 4.38. The quantitative estimate of drug-likeness (QED) is 0.907. The van der Waals surface area contributed by atoms with E-state index in [9.17, 15) is 0 Å². The Morgan fingerprint density at radius 2 is 2.00 bits per heavy atom. The van der Waals surface area contributed by atoms with Crippen molar-refractivity contribution in [2.45, 2.75) is 64.6 Å². The molecule has 1 saturated carbocycles. The molecule has 1 heterocycles. The highest BCUT2D eigenvalue weighted by Gasteiger charge is 2.45. The van der Waals surface area contributed by atoms with Crippen molar-refractivity contribution in [3.63, 3.8) is 0 Å². The van der Waals surface area contributed by atoms with E-state index in [1.807, 2.05) is 10.9 Å². The highest BCUT2D eigenvalue weighted by molar-refractivity contribution is 9.10. The third-order valence-corrected chi connectivity index (χ3v) is 5.46. The summed E-state index contributed by atoms with van der Waals surface area (Å²) in [5.74, 6) is 0. The van der Waals surface area contributed by atoms with Gasteiger partial charge in [-0.2, -0.15) is 5.10 Å². The topological polar surface area (TPSA) is 53.1 Å². The van der Waals surface area contributed by atoms with Crippen molar-refractivity contribution in [1.29, 1.82) is 0 Å². The molecule has 114 valence electrons. The Labute approximate surface area is 130 Å². The lowest BCUT2D eigenvalue weighted by molar-refractivity contribution is -0.0810. The number of hydrogen-bond acceptors (Lipinski definition) is 3. The van der Waals surface area contributed by atoms with Crippen LogP contribution in [0, 0.1) is 5.41 Å². The van der Waals surface area contributed by atoms with Gasteiger partial charge in [0, 0.05) is 13.7 Å². The zero-order chi connectivity index (χ0) is 15.0. The van der Waals surface area contributed by atoms with Crippen molar-refractivity contribution < 1.29 is 4.74 Å². The van der Waals surface area contributed by atoms with Gasteiger partial charge in [0.1, 0.15) is 0 Å². The average molecular weight is 344 g/mol. The Kier molecular flexibility index (Phi) is 4.62. The third kappa shape index (κ3) is 2.81. The number of aryl methyl sites for hydroxylation is 1. The van der Waals surface area contributed by atoms with Gasteiger partial charge in [0.15, 0.2) is 0 Å². The first-order valence-electron chi connectivity index (χ1n) is 7.37. The predicted octanol–water partition coefficient (Wildman–Crippen LogP) is 3.65. The molecule has 1 fully saturated rings. The lowest BCUT2D eigenvalue weighted by Gasteiger charge is -2.46. The second-order valence-electron chi connectivity index (χ2n) is 6.60. The molecular formula is C15H26BrN3O. The van der Waals surface area contributed by atoms with Gasteiger partial charge >= 0.3 is 0 Å². The zero-order valence-electron chi connectivity index (χ0n) is 12.9. The van der Waals surface area contributed by atoms with E-state index >= 15 is 0 Å². The summed E-state index contributed by atoms with van der Waals surface area (Å²) in [4.78, 5) is 0. The molecule has 1 aliphatic rings. The molecule has 0 spiro atoms. The number of ether oxygens (including phenoxy) is 1. The van der Waals surface area contributed by atoms with E-state index in [2.05, 4.69) is 41.8 Å². The van der Waals surface area contributed by atoms with Crippen LogP contribution < -0.4 is 5.73 Å². The number of hydrogen-bond donors (Lipinski definition) is 1. The number of halogens is 1. The monoisotopic (exact) mass is 343 g/mol. The Morgan fingerprint density at radius 1 is 1.40 bits per heavy atom. The summed E-state index contributed by atoms with van der Waals surface area (Å²) in [7, 11) is 1.79. The molecule has 1 atom stereocenters. The molecule has 0 bridgehead atoms. The summed E-state index contributed by atoms with van der Waals surface area (Å²) in [5.41, 5.74) is 7.78. The minimum atomic E-state index is -0.273. The van der Waals surface area contributed by atoms with E-state index in [1.165, 1.54) is 0 Å². The van der Waals surface area contributed by atoms with Gasteiger partial charge in [-0.05, 0) is 54.0 Å². The van der Waals surface area contributed by atoms with E-state index in [0.29, 0.717) is 5.41 Å². The van der Waals surface area contributed by atoms with E-state index in [-0.39, 0.29) is 11.6 Å². The molecule has 0 saturated heterocycles. The van der Waals surface area contributed by atoms with E-state index in [0.717, 1.165) is 42.4 Å². The van der Waals surface area contributed by atoms with Crippen LogP contribution in [-0.2, 0) is 11.3 Å². The van der Waals surface area contributed by atoms with Gasteiger partial charge < -0.3 is 10.5 Å². The van der Waals surface area contributed by atoms with Crippen LogP contribution in [0.4, 0.5) is 0 Å². The molecule has 20 heavy (non-hydrogen) atoms. The Balaban J connectivity index is 2.30. The van der Waals surface area contributed by atoms with Gasteiger partial charge in [-0.15, -0.1) is 0 Å². The maximum Gasteiger partial charge on any atom is 0.0886 e. The lowest BCUT2D eigenvalue weighted by Crippen LogP contribution is -2.48. The Morgan fingerprint density at radius 3 is 2.50 bits per heavy atom. The van der Waals surface area contributed by atoms with E-state index in [1.54, 1.807) is 7.11 Å². The Hall–Kier alpha value is -0.390. The fraction of sp³-hybridized carbons (Fsp3) is 0.800. The summed E-state index contributed by atoms with van der Waals surface area (Å²) in [6, 6.07) is -0.152. The summed E-state index contributed by atoms with van der Waals surface area (Å²) in [6.07, 6.45) is 6.12. The molecule has 1 aromatic rings. The molecule has 2 rings (SSSR count). The second-order valence-corrected chi connectivity index (χ2v) is 7.46. The maximum atomic E-state index is 6.61. The number of rotatable bonds is 4. The first kappa shape index (κ1) is 16.0. The number of nitrogens with zero attached hydrogens (tertiary/aromatic N) is 2. The summed E-state index contributed by atoms with van der Waals surface area (Å²) >= 11 is 3.58. The van der Waals surface area contributed by atoms with Crippen LogP contribution in [0.3, 0.4) is 0 Å². The van der Waals surface area contributed by atoms with Gasteiger partial charge in [0.05, 0.1) is 28.0 Å². The van der Waals surface area contributed by atoms with Crippen LogP contribution in [0.25, 0.3) is 0 Å². The first-order valence-corrected chi connectivity index (χ1v) is 8.16. The molecule has 5 heteroatoms. The van der Waals surface area contributed by atoms with Crippen molar-refractivity contribution in [2.24, 2.45) is 11.1 Å². The second kappa shape index (κ2) is 5.78. The minimum Gasteiger partial charge on any atom is -0.376 e. The third-order valence-electron chi connectivity index (χ3n) is 4.85. The van der Waals surface area contributed by atoms with Crippen molar-refractivity contribution in [2.75, 3.05) is 7.11 Å². The average Bonchev–Trinajstić information content (AvgIpc) is 2.79. The Bertz CT molecular complexity index is 460. The predicted molar refractivity (Wildman–Crippen MR) is 84.5 cm³/mol. The highest BCUT2D eigenvalue weighted by atomic mass is 79.9. The summed E-state index contributed by atoms with van der Waals surface area (Å²) < 4.78 is 8.87. The van der Waals surface area contributed by atoms with Crippen LogP contribution in [0.15, 0.2) is 10.7 Å². The molecule has 1 unspecified atom stereocenters. The molecule has 0 aromatic carbocycles. The van der Waals surface area contributed by atoms with Crippen molar-refractivity contribution in [3.8, 4) is 0 Å². The van der Waals surface area contributed by atoms with Crippen molar-refractivity contribution in [1.82, 2.24) is 9.78 Å². The normalized spacial score (nSPS) is 22.7. The van der Waals surface area contributed by atoms with Crippen LogP contribution in [0.5, 0.6) is 0 Å². The highest BCUT2D eigenvalue weighted by Crippen LogP contribution is 2.47. The largest absolute Gasteiger partial charge is 0.376 e. The fourth-order valence-electron chi connectivity index (χ4n) is 3.17. The van der Waals surface area contributed by atoms with Crippen LogP contribution in [0.1, 0.15) is 58.2 Å². The van der Waals surface area contributed by atoms with Gasteiger partial charge in [-0.25, -0.2) is 0 Å². The number of methoxy groups -OCH3 is 1. The smallest absolute Gasteiger partial charge is 0.0886 e. The number of aromatic nitrogens is 2. The standard InChI is InChI=1S/C15H26BrN3O/c1-5-19-12(11(16)10-18-19)13(17)15(20-4)8-6-14(2,3)7-9-15/h10,13H,5-9,17H2,1-4H3. The zero-order valence-corrected chi connectivity index (χ0v) is 14.5. The van der Waals surface area contributed by atoms with Crippen LogP contribution in [-0.4, -0.2) is 22.5 Å². The first-order chi connectivity index (χ1) is 9.35. The molecule has 1 aromatic heterocycles. The van der Waals surface area contributed by atoms with Gasteiger partial charge in [0.25, 0.3) is 0 Å². The van der Waals surface area contributed by atoms with E-state index < -0.39 is 0 Å². The molecule has 4 nitrogen and oxygen atoms in total. The van der Waals surface area contributed by atoms with Crippen molar-refractivity contribution in [3.05, 3.63) is 16.4 Å². The SMILES string of the molecule is CCn1ncc(Br)c1C(N)C1(OC)CCC(C)(C)CC1. The van der Waals surface area contributed by atoms with Gasteiger partial charge in [-0.3, -0.25) is 4.68 Å². The van der Waals surface area contributed by atoms with Crippen LogP contribution >= 0.6 is 15.9 Å². The molecule has 0 radical (unpaired) electrons. The molecule has 2 N–H and O–H groups in total. The van der Waals surface area contributed by atoms with Gasteiger partial charge in [-0.1, -0.05) is 13.8 Å². The molecular weight excluding hydrogens is 318 g/mol. The number of nitrogens with two attached hydrogens (primary N) is 1. The molecule has 1 aliphatic carbocycles. The van der Waals surface area contributed by atoms with Crippen molar-refractivity contribution >= 4 is 15.9 Å². The van der Waals surface area contributed by atoms with Gasteiger partial charge in [0.2, 0.25) is 0 Å². The maximum absolute atomic E-state index is 6.61. The molecule has 0 aliphatic heterocycles. The minimum absolute atomic E-state index is 0.152. The van der Waals surface area contributed by atoms with E-state index in [4.69, 9.17) is 10.5 Å². The molecule has 0 amide bonds. The lowest BCUT2D eigenvalue weighted by atomic mass is 9.68. The van der Waals surface area contributed by atoms with Crippen LogP contribution in [0.2, 0.25) is 0 Å².